The molecule has 1 aliphatic carbocycles. The lowest BCUT2D eigenvalue weighted by Gasteiger charge is -2.24. The first-order chi connectivity index (χ1) is 7.36. The van der Waals surface area contributed by atoms with Crippen LogP contribution in [0, 0.1) is 11.8 Å². The van der Waals surface area contributed by atoms with Gasteiger partial charge in [0, 0.05) is 0 Å². The van der Waals surface area contributed by atoms with Crippen LogP contribution in [0.5, 0.6) is 0 Å². The second-order valence-electron chi connectivity index (χ2n) is 4.46. The monoisotopic (exact) mass is 208 g/mol. The van der Waals surface area contributed by atoms with Crippen molar-refractivity contribution in [3.63, 3.8) is 0 Å². The molecule has 0 aromatic rings. The molecule has 0 N–H and O–H groups in total. The molecular formula is C14H24O. The molecule has 0 saturated heterocycles. The average Bonchev–Trinajstić information content (AvgIpc) is 2.28. The molecule has 0 spiro atoms. The van der Waals surface area contributed by atoms with Crippen LogP contribution in [0.2, 0.25) is 0 Å². The van der Waals surface area contributed by atoms with Crippen LogP contribution in [-0.2, 0) is 4.74 Å². The normalized spacial score (nSPS) is 27.6. The molecule has 1 aliphatic rings. The van der Waals surface area contributed by atoms with Crippen molar-refractivity contribution in [2.24, 2.45) is 11.8 Å². The Bertz CT molecular complexity index is 197. The van der Waals surface area contributed by atoms with Crippen LogP contribution in [0.15, 0.2) is 24.5 Å². The maximum atomic E-state index is 4.96. The molecule has 0 unspecified atom stereocenters. The summed E-state index contributed by atoms with van der Waals surface area (Å²) in [7, 11) is 1.72. The number of hydrogen-bond donors (Lipinski definition) is 0. The Balaban J connectivity index is 2.20. The van der Waals surface area contributed by atoms with E-state index in [0.29, 0.717) is 0 Å². The second kappa shape index (κ2) is 7.56. The topological polar surface area (TPSA) is 9.23 Å². The predicted molar refractivity (Wildman–Crippen MR) is 65.6 cm³/mol. The molecule has 0 bridgehead atoms. The Hall–Kier alpha value is -0.720. The molecule has 0 atom stereocenters. The number of methoxy groups -OCH3 is 1. The zero-order chi connectivity index (χ0) is 10.9. The van der Waals surface area contributed by atoms with Gasteiger partial charge in [-0.2, -0.15) is 0 Å². The molecule has 0 aromatic heterocycles. The van der Waals surface area contributed by atoms with Gasteiger partial charge < -0.3 is 4.74 Å². The van der Waals surface area contributed by atoms with Crippen molar-refractivity contribution in [2.45, 2.75) is 45.4 Å². The zero-order valence-corrected chi connectivity index (χ0v) is 10.1. The summed E-state index contributed by atoms with van der Waals surface area (Å²) in [4.78, 5) is 0. The van der Waals surface area contributed by atoms with E-state index in [2.05, 4.69) is 25.2 Å². The van der Waals surface area contributed by atoms with Gasteiger partial charge in [-0.05, 0) is 50.0 Å². The molecule has 0 amide bonds. The lowest BCUT2D eigenvalue weighted by Crippen LogP contribution is -2.11. The summed E-state index contributed by atoms with van der Waals surface area (Å²) < 4.78 is 4.96. The zero-order valence-electron chi connectivity index (χ0n) is 10.1. The van der Waals surface area contributed by atoms with Crippen molar-refractivity contribution in [1.82, 2.24) is 0 Å². The largest absolute Gasteiger partial charge is 0.505 e. The Labute approximate surface area is 94.2 Å². The molecule has 1 fully saturated rings. The van der Waals surface area contributed by atoms with E-state index in [0.717, 1.165) is 11.8 Å². The lowest BCUT2D eigenvalue weighted by atomic mass is 9.82. The quantitative estimate of drug-likeness (QED) is 0.483. The highest BCUT2D eigenvalue weighted by molar-refractivity contribution is 4.94. The number of rotatable bonds is 5. The minimum absolute atomic E-state index is 0.751. The minimum atomic E-state index is 0.751. The van der Waals surface area contributed by atoms with Crippen LogP contribution in [0.4, 0.5) is 0 Å². The highest BCUT2D eigenvalue weighted by Crippen LogP contribution is 2.30. The second-order valence-corrected chi connectivity index (χ2v) is 4.46. The summed E-state index contributed by atoms with van der Waals surface area (Å²) in [6.07, 6.45) is 16.7. The standard InChI is InChI=1S/C14H24O/c1-3-4-5-6-13-7-9-14(10-8-13)11-12-15-2/h5-6,11-14H,3-4,7-10H2,1-2H3. The molecule has 86 valence electrons. The third-order valence-corrected chi connectivity index (χ3v) is 3.17. The van der Waals surface area contributed by atoms with Crippen LogP contribution in [0.1, 0.15) is 45.4 Å². The van der Waals surface area contributed by atoms with Gasteiger partial charge in [-0.3, -0.25) is 0 Å². The fourth-order valence-corrected chi connectivity index (χ4v) is 2.17. The van der Waals surface area contributed by atoms with Crippen molar-refractivity contribution >= 4 is 0 Å². The summed E-state index contributed by atoms with van der Waals surface area (Å²) in [5.41, 5.74) is 0. The fraction of sp³-hybridized carbons (Fsp3) is 0.714. The maximum absolute atomic E-state index is 4.96. The van der Waals surface area contributed by atoms with Gasteiger partial charge >= 0.3 is 0 Å². The first-order valence-corrected chi connectivity index (χ1v) is 6.23. The Morgan fingerprint density at radius 1 is 1.07 bits per heavy atom. The molecule has 0 aromatic carbocycles. The van der Waals surface area contributed by atoms with Gasteiger partial charge in [0.15, 0.2) is 0 Å². The van der Waals surface area contributed by atoms with E-state index >= 15 is 0 Å². The van der Waals surface area contributed by atoms with Gasteiger partial charge in [0.25, 0.3) is 0 Å². The molecule has 1 nitrogen and oxygen atoms in total. The van der Waals surface area contributed by atoms with Crippen molar-refractivity contribution in [3.8, 4) is 0 Å². The van der Waals surface area contributed by atoms with Gasteiger partial charge in [0.1, 0.15) is 0 Å². The molecular weight excluding hydrogens is 184 g/mol. The van der Waals surface area contributed by atoms with E-state index in [-0.39, 0.29) is 0 Å². The summed E-state index contributed by atoms with van der Waals surface area (Å²) in [5, 5.41) is 0. The maximum Gasteiger partial charge on any atom is 0.0787 e. The summed E-state index contributed by atoms with van der Waals surface area (Å²) in [6.45, 7) is 2.23. The third kappa shape index (κ3) is 5.06. The highest BCUT2D eigenvalue weighted by Gasteiger charge is 2.17. The summed E-state index contributed by atoms with van der Waals surface area (Å²) in [6, 6.07) is 0. The first kappa shape index (κ1) is 12.4. The fourth-order valence-electron chi connectivity index (χ4n) is 2.17. The molecule has 15 heavy (non-hydrogen) atoms. The van der Waals surface area contributed by atoms with E-state index in [4.69, 9.17) is 4.74 Å². The van der Waals surface area contributed by atoms with E-state index in [1.807, 2.05) is 6.26 Å². The Kier molecular flexibility index (Phi) is 6.22. The van der Waals surface area contributed by atoms with Crippen LogP contribution in [-0.4, -0.2) is 7.11 Å². The lowest BCUT2D eigenvalue weighted by molar-refractivity contribution is 0.317. The van der Waals surface area contributed by atoms with Gasteiger partial charge in [0.05, 0.1) is 13.4 Å². The number of allylic oxidation sites excluding steroid dienone is 3. The first-order valence-electron chi connectivity index (χ1n) is 6.23. The van der Waals surface area contributed by atoms with Gasteiger partial charge in [0.2, 0.25) is 0 Å². The minimum Gasteiger partial charge on any atom is -0.505 e. The molecule has 1 heteroatoms. The van der Waals surface area contributed by atoms with Crippen molar-refractivity contribution in [2.75, 3.05) is 7.11 Å². The molecule has 1 saturated carbocycles. The SMILES string of the molecule is CCCC=CC1CCC(C=COC)CC1. The molecule has 0 heterocycles. The van der Waals surface area contributed by atoms with E-state index in [1.165, 1.54) is 38.5 Å². The average molecular weight is 208 g/mol. The van der Waals surface area contributed by atoms with Crippen LogP contribution in [0.25, 0.3) is 0 Å². The highest BCUT2D eigenvalue weighted by atomic mass is 16.5. The molecule has 1 rings (SSSR count). The van der Waals surface area contributed by atoms with Crippen LogP contribution >= 0.6 is 0 Å². The Morgan fingerprint density at radius 2 is 1.67 bits per heavy atom. The van der Waals surface area contributed by atoms with Crippen LogP contribution < -0.4 is 0 Å². The van der Waals surface area contributed by atoms with E-state index in [1.54, 1.807) is 7.11 Å². The summed E-state index contributed by atoms with van der Waals surface area (Å²) in [5.74, 6) is 1.59. The van der Waals surface area contributed by atoms with E-state index < -0.39 is 0 Å². The van der Waals surface area contributed by atoms with Crippen molar-refractivity contribution in [1.29, 1.82) is 0 Å². The van der Waals surface area contributed by atoms with E-state index in [9.17, 15) is 0 Å². The smallest absolute Gasteiger partial charge is 0.0787 e. The van der Waals surface area contributed by atoms with Crippen LogP contribution in [0.3, 0.4) is 0 Å². The third-order valence-electron chi connectivity index (χ3n) is 3.17. The predicted octanol–water partition coefficient (Wildman–Crippen LogP) is 4.31. The van der Waals surface area contributed by atoms with Gasteiger partial charge in [-0.25, -0.2) is 0 Å². The van der Waals surface area contributed by atoms with Gasteiger partial charge in [-0.15, -0.1) is 0 Å². The molecule has 0 radical (unpaired) electrons. The number of ether oxygens (including phenoxy) is 1. The summed E-state index contributed by atoms with van der Waals surface area (Å²) >= 11 is 0. The number of hydrogen-bond acceptors (Lipinski definition) is 1. The van der Waals surface area contributed by atoms with Crippen molar-refractivity contribution < 1.29 is 4.74 Å². The van der Waals surface area contributed by atoms with Gasteiger partial charge in [-0.1, -0.05) is 25.5 Å². The Morgan fingerprint density at radius 3 is 2.20 bits per heavy atom. The molecule has 0 aliphatic heterocycles. The van der Waals surface area contributed by atoms with Crippen molar-refractivity contribution in [3.05, 3.63) is 24.5 Å². The number of unbranched alkanes of at least 4 members (excludes halogenated alkanes) is 1.